The molecule has 14 heavy (non-hydrogen) atoms. The highest BCUT2D eigenvalue weighted by Gasteiger charge is 2.23. The number of hydrogen-bond donors (Lipinski definition) is 0. The topological polar surface area (TPSA) is 20.3 Å². The predicted molar refractivity (Wildman–Crippen MR) is 59.6 cm³/mol. The first kappa shape index (κ1) is 11.8. The van der Waals surface area contributed by atoms with E-state index in [0.29, 0.717) is 6.04 Å². The van der Waals surface area contributed by atoms with Gasteiger partial charge < -0.3 is 4.90 Å². The van der Waals surface area contributed by atoms with E-state index in [-0.39, 0.29) is 11.3 Å². The molecule has 0 aliphatic heterocycles. The lowest BCUT2D eigenvalue weighted by molar-refractivity contribution is -0.131. The zero-order valence-corrected chi connectivity index (χ0v) is 9.89. The first-order valence-electron chi connectivity index (χ1n) is 5.53. The molecule has 2 nitrogen and oxygen atoms in total. The molecular formula is C11H20ClNO. The van der Waals surface area contributed by atoms with E-state index >= 15 is 0 Å². The Kier molecular flexibility index (Phi) is 4.73. The largest absolute Gasteiger partial charge is 0.342 e. The van der Waals surface area contributed by atoms with E-state index in [9.17, 15) is 4.79 Å². The molecule has 1 unspecified atom stereocenters. The standard InChI is InChI=1S/C11H20ClNO/c1-9(12)11(14)13(2)10-7-5-3-4-6-8-10/h9-10H,3-8H2,1-2H3. The monoisotopic (exact) mass is 217 g/mol. The molecule has 0 radical (unpaired) electrons. The van der Waals surface area contributed by atoms with Gasteiger partial charge in [-0.3, -0.25) is 4.79 Å². The molecule has 1 aliphatic rings. The molecule has 1 atom stereocenters. The van der Waals surface area contributed by atoms with Crippen molar-refractivity contribution in [2.45, 2.75) is 56.9 Å². The number of carbonyl (C=O) groups is 1. The van der Waals surface area contributed by atoms with Crippen LogP contribution in [-0.4, -0.2) is 29.3 Å². The van der Waals surface area contributed by atoms with Gasteiger partial charge in [-0.1, -0.05) is 25.7 Å². The highest BCUT2D eigenvalue weighted by atomic mass is 35.5. The average molecular weight is 218 g/mol. The number of nitrogens with zero attached hydrogens (tertiary/aromatic N) is 1. The molecule has 0 aromatic rings. The van der Waals surface area contributed by atoms with Crippen molar-refractivity contribution in [1.29, 1.82) is 0 Å². The number of hydrogen-bond acceptors (Lipinski definition) is 1. The Hall–Kier alpha value is -0.240. The van der Waals surface area contributed by atoms with Crippen LogP contribution in [0.4, 0.5) is 0 Å². The van der Waals surface area contributed by atoms with Gasteiger partial charge in [0.15, 0.2) is 0 Å². The van der Waals surface area contributed by atoms with Crippen LogP contribution in [0.5, 0.6) is 0 Å². The van der Waals surface area contributed by atoms with Crippen LogP contribution in [0, 0.1) is 0 Å². The second-order valence-corrected chi connectivity index (χ2v) is 4.87. The third-order valence-electron chi connectivity index (χ3n) is 3.06. The van der Waals surface area contributed by atoms with Gasteiger partial charge in [0.2, 0.25) is 5.91 Å². The van der Waals surface area contributed by atoms with Gasteiger partial charge in [-0.05, 0) is 19.8 Å². The molecule has 3 heteroatoms. The molecule has 1 amide bonds. The third kappa shape index (κ3) is 3.16. The Morgan fingerprint density at radius 3 is 2.21 bits per heavy atom. The van der Waals surface area contributed by atoms with Crippen LogP contribution in [0.25, 0.3) is 0 Å². The molecule has 0 spiro atoms. The Balaban J connectivity index is 2.49. The molecule has 1 aliphatic carbocycles. The summed E-state index contributed by atoms with van der Waals surface area (Å²) in [6, 6.07) is 0.422. The fraction of sp³-hybridized carbons (Fsp3) is 0.909. The van der Waals surface area contributed by atoms with Crippen molar-refractivity contribution in [3.63, 3.8) is 0 Å². The average Bonchev–Trinajstić information content (AvgIpc) is 2.43. The third-order valence-corrected chi connectivity index (χ3v) is 3.25. The van der Waals surface area contributed by atoms with Crippen LogP contribution in [-0.2, 0) is 4.79 Å². The highest BCUT2D eigenvalue weighted by Crippen LogP contribution is 2.21. The predicted octanol–water partition coefficient (Wildman–Crippen LogP) is 2.79. The van der Waals surface area contributed by atoms with Crippen molar-refractivity contribution in [3.8, 4) is 0 Å². The molecule has 0 aromatic carbocycles. The van der Waals surface area contributed by atoms with Crippen LogP contribution >= 0.6 is 11.6 Å². The Morgan fingerprint density at radius 1 is 1.29 bits per heavy atom. The minimum Gasteiger partial charge on any atom is -0.342 e. The maximum absolute atomic E-state index is 11.6. The van der Waals surface area contributed by atoms with Crippen LogP contribution in [0.2, 0.25) is 0 Å². The van der Waals surface area contributed by atoms with Crippen molar-refractivity contribution in [1.82, 2.24) is 4.90 Å². The Morgan fingerprint density at radius 2 is 1.79 bits per heavy atom. The molecule has 82 valence electrons. The molecule has 0 heterocycles. The molecule has 1 saturated carbocycles. The first-order chi connectivity index (χ1) is 6.63. The maximum Gasteiger partial charge on any atom is 0.240 e. The van der Waals surface area contributed by atoms with E-state index in [0.717, 1.165) is 12.8 Å². The minimum absolute atomic E-state index is 0.0681. The van der Waals surface area contributed by atoms with Gasteiger partial charge in [0.05, 0.1) is 0 Å². The fourth-order valence-electron chi connectivity index (χ4n) is 2.11. The number of rotatable bonds is 2. The van der Waals surface area contributed by atoms with Crippen LogP contribution in [0.15, 0.2) is 0 Å². The molecule has 1 rings (SSSR count). The second-order valence-electron chi connectivity index (χ2n) is 4.21. The molecular weight excluding hydrogens is 198 g/mol. The second kappa shape index (κ2) is 5.59. The van der Waals surface area contributed by atoms with Gasteiger partial charge in [0.1, 0.15) is 5.38 Å². The van der Waals surface area contributed by atoms with Crippen LogP contribution in [0.1, 0.15) is 45.4 Å². The number of carbonyl (C=O) groups excluding carboxylic acids is 1. The smallest absolute Gasteiger partial charge is 0.240 e. The zero-order chi connectivity index (χ0) is 10.6. The summed E-state index contributed by atoms with van der Waals surface area (Å²) in [5, 5.41) is -0.386. The van der Waals surface area contributed by atoms with Crippen molar-refractivity contribution in [3.05, 3.63) is 0 Å². The summed E-state index contributed by atoms with van der Waals surface area (Å²) in [5.74, 6) is 0.0681. The lowest BCUT2D eigenvalue weighted by atomic mass is 10.1. The van der Waals surface area contributed by atoms with Crippen molar-refractivity contribution >= 4 is 17.5 Å². The lowest BCUT2D eigenvalue weighted by Gasteiger charge is -2.28. The summed E-state index contributed by atoms with van der Waals surface area (Å²) < 4.78 is 0. The quantitative estimate of drug-likeness (QED) is 0.515. The van der Waals surface area contributed by atoms with Crippen molar-refractivity contribution in [2.75, 3.05) is 7.05 Å². The molecule has 0 bridgehead atoms. The van der Waals surface area contributed by atoms with E-state index in [2.05, 4.69) is 0 Å². The Bertz CT molecular complexity index is 186. The SMILES string of the molecule is CC(Cl)C(=O)N(C)C1CCCCCC1. The van der Waals surface area contributed by atoms with Gasteiger partial charge >= 0.3 is 0 Å². The number of amides is 1. The van der Waals surface area contributed by atoms with Crippen LogP contribution in [0.3, 0.4) is 0 Å². The summed E-state index contributed by atoms with van der Waals surface area (Å²) in [6.45, 7) is 1.75. The van der Waals surface area contributed by atoms with E-state index in [1.165, 1.54) is 25.7 Å². The number of alkyl halides is 1. The van der Waals surface area contributed by atoms with Gasteiger partial charge in [-0.25, -0.2) is 0 Å². The minimum atomic E-state index is -0.386. The summed E-state index contributed by atoms with van der Waals surface area (Å²) in [4.78, 5) is 13.5. The molecule has 0 N–H and O–H groups in total. The normalized spacial score (nSPS) is 21.4. The van der Waals surface area contributed by atoms with Gasteiger partial charge in [-0.2, -0.15) is 0 Å². The van der Waals surface area contributed by atoms with E-state index in [4.69, 9.17) is 11.6 Å². The van der Waals surface area contributed by atoms with E-state index in [1.807, 2.05) is 11.9 Å². The highest BCUT2D eigenvalue weighted by molar-refractivity contribution is 6.30. The summed E-state index contributed by atoms with van der Waals surface area (Å²) >= 11 is 5.79. The molecule has 0 aromatic heterocycles. The summed E-state index contributed by atoms with van der Waals surface area (Å²) in [7, 11) is 1.89. The summed E-state index contributed by atoms with van der Waals surface area (Å²) in [5.41, 5.74) is 0. The fourth-order valence-corrected chi connectivity index (χ4v) is 2.26. The van der Waals surface area contributed by atoms with E-state index in [1.54, 1.807) is 6.92 Å². The zero-order valence-electron chi connectivity index (χ0n) is 9.13. The number of halogens is 1. The van der Waals surface area contributed by atoms with Crippen molar-refractivity contribution in [2.24, 2.45) is 0 Å². The lowest BCUT2D eigenvalue weighted by Crippen LogP contribution is -2.40. The van der Waals surface area contributed by atoms with Crippen LogP contribution < -0.4 is 0 Å². The molecule has 0 saturated heterocycles. The summed E-state index contributed by atoms with van der Waals surface area (Å²) in [6.07, 6.45) is 7.42. The van der Waals surface area contributed by atoms with Gasteiger partial charge in [-0.15, -0.1) is 11.6 Å². The first-order valence-corrected chi connectivity index (χ1v) is 5.97. The van der Waals surface area contributed by atoms with Gasteiger partial charge in [0.25, 0.3) is 0 Å². The van der Waals surface area contributed by atoms with Gasteiger partial charge in [0, 0.05) is 13.1 Å². The van der Waals surface area contributed by atoms with E-state index < -0.39 is 0 Å². The maximum atomic E-state index is 11.6. The Labute approximate surface area is 91.6 Å². The van der Waals surface area contributed by atoms with Crippen molar-refractivity contribution < 1.29 is 4.79 Å². The molecule has 1 fully saturated rings.